The summed E-state index contributed by atoms with van der Waals surface area (Å²) in [5.74, 6) is -0.822. The summed E-state index contributed by atoms with van der Waals surface area (Å²) in [7, 11) is 0. The van der Waals surface area contributed by atoms with Crippen LogP contribution in [0.25, 0.3) is 10.8 Å². The number of hydrogen-bond acceptors (Lipinski definition) is 4. The van der Waals surface area contributed by atoms with Crippen LogP contribution in [-0.2, 0) is 11.2 Å². The molecule has 2 atom stereocenters. The lowest BCUT2D eigenvalue weighted by Crippen LogP contribution is -2.42. The van der Waals surface area contributed by atoms with Crippen LogP contribution in [0.5, 0.6) is 5.75 Å². The fourth-order valence-corrected chi connectivity index (χ4v) is 3.73. The molecule has 0 radical (unpaired) electrons. The number of hydrogen-bond donors (Lipinski definition) is 3. The number of carbonyl (C=O) groups excluding carboxylic acids is 1. The maximum atomic E-state index is 12.8. The van der Waals surface area contributed by atoms with Crippen molar-refractivity contribution in [1.29, 1.82) is 0 Å². The third-order valence-corrected chi connectivity index (χ3v) is 5.62. The maximum Gasteiger partial charge on any atom is 0.326 e. The first-order valence-corrected chi connectivity index (χ1v) is 11.0. The Bertz CT molecular complexity index is 1280. The van der Waals surface area contributed by atoms with E-state index in [1.54, 1.807) is 12.1 Å². The summed E-state index contributed by atoms with van der Waals surface area (Å²) in [6.07, 6.45) is 0.210. The van der Waals surface area contributed by atoms with Crippen LogP contribution in [0.2, 0.25) is 0 Å². The van der Waals surface area contributed by atoms with Crippen molar-refractivity contribution < 1.29 is 19.4 Å². The highest BCUT2D eigenvalue weighted by Crippen LogP contribution is 2.23. The molecule has 0 heterocycles. The minimum atomic E-state index is -1.08. The van der Waals surface area contributed by atoms with Gasteiger partial charge < -0.3 is 20.9 Å². The highest BCUT2D eigenvalue weighted by Gasteiger charge is 2.21. The van der Waals surface area contributed by atoms with Gasteiger partial charge in [-0.15, -0.1) is 0 Å². The zero-order valence-electron chi connectivity index (χ0n) is 18.6. The maximum absolute atomic E-state index is 12.8. The summed E-state index contributed by atoms with van der Waals surface area (Å²) in [4.78, 5) is 24.4. The molecule has 0 saturated carbocycles. The van der Waals surface area contributed by atoms with Gasteiger partial charge >= 0.3 is 5.97 Å². The monoisotopic (exact) mass is 454 g/mol. The number of ether oxygens (including phenoxy) is 1. The first-order chi connectivity index (χ1) is 16.5. The highest BCUT2D eigenvalue weighted by atomic mass is 16.5. The summed E-state index contributed by atoms with van der Waals surface area (Å²) < 4.78 is 5.87. The second kappa shape index (κ2) is 10.6. The van der Waals surface area contributed by atoms with Gasteiger partial charge in [-0.25, -0.2) is 4.79 Å². The number of nitrogens with one attached hydrogen (secondary N) is 1. The van der Waals surface area contributed by atoms with Crippen molar-refractivity contribution in [3.8, 4) is 5.75 Å². The molecule has 4 N–H and O–H groups in total. The molecule has 34 heavy (non-hydrogen) atoms. The molecule has 1 amide bonds. The first kappa shape index (κ1) is 23.0. The van der Waals surface area contributed by atoms with Gasteiger partial charge in [-0.1, -0.05) is 72.8 Å². The highest BCUT2D eigenvalue weighted by molar-refractivity contribution is 6.00. The van der Waals surface area contributed by atoms with Gasteiger partial charge in [-0.3, -0.25) is 4.79 Å². The summed E-state index contributed by atoms with van der Waals surface area (Å²) in [6, 6.07) is 28.6. The quantitative estimate of drug-likeness (QED) is 0.349. The van der Waals surface area contributed by atoms with E-state index in [1.165, 1.54) is 0 Å². The van der Waals surface area contributed by atoms with E-state index < -0.39 is 17.9 Å². The molecule has 172 valence electrons. The number of aliphatic carboxylic acids is 1. The van der Waals surface area contributed by atoms with Crippen molar-refractivity contribution in [1.82, 2.24) is 5.32 Å². The van der Waals surface area contributed by atoms with Crippen LogP contribution in [0.1, 0.15) is 27.5 Å². The Morgan fingerprint density at radius 1 is 0.853 bits per heavy atom. The second-order valence-electron chi connectivity index (χ2n) is 8.11. The number of fused-ring (bicyclic) bond motifs is 1. The van der Waals surface area contributed by atoms with Crippen LogP contribution in [-0.4, -0.2) is 29.6 Å². The normalized spacial score (nSPS) is 12.6. The minimum absolute atomic E-state index is 0.210. The van der Waals surface area contributed by atoms with Crippen molar-refractivity contribution in [2.24, 2.45) is 5.73 Å². The molecular weight excluding hydrogens is 428 g/mol. The van der Waals surface area contributed by atoms with Crippen LogP contribution in [0.4, 0.5) is 0 Å². The molecule has 0 aliphatic heterocycles. The molecular formula is C28H26N2O4. The lowest BCUT2D eigenvalue weighted by molar-refractivity contribution is -0.139. The standard InChI is InChI=1S/C28H26N2O4/c29-25(20-9-5-2-6-10-20)18-34-24-14-13-21-16-23(12-11-22(21)17-24)27(31)30-26(28(32)33)15-19-7-3-1-4-8-19/h1-14,16-17,25-26H,15,18,29H2,(H,30,31)(H,32,33). The van der Waals surface area contributed by atoms with Gasteiger partial charge in [-0.2, -0.15) is 0 Å². The molecule has 0 aliphatic rings. The average Bonchev–Trinajstić information content (AvgIpc) is 2.87. The van der Waals surface area contributed by atoms with Crippen molar-refractivity contribution in [2.45, 2.75) is 18.5 Å². The Morgan fingerprint density at radius 2 is 1.50 bits per heavy atom. The Labute approximate surface area is 198 Å². The SMILES string of the molecule is NC(COc1ccc2cc(C(=O)NC(Cc3ccccc3)C(=O)O)ccc2c1)c1ccccc1. The Hall–Kier alpha value is -4.16. The van der Waals surface area contributed by atoms with E-state index in [9.17, 15) is 14.7 Å². The zero-order valence-corrected chi connectivity index (χ0v) is 18.6. The lowest BCUT2D eigenvalue weighted by atomic mass is 10.0. The fraction of sp³-hybridized carbons (Fsp3) is 0.143. The molecule has 2 unspecified atom stereocenters. The van der Waals surface area contributed by atoms with E-state index in [4.69, 9.17) is 10.5 Å². The van der Waals surface area contributed by atoms with Crippen molar-refractivity contribution >= 4 is 22.6 Å². The molecule has 0 fully saturated rings. The topological polar surface area (TPSA) is 102 Å². The summed E-state index contributed by atoms with van der Waals surface area (Å²) >= 11 is 0. The molecule has 4 aromatic rings. The number of carbonyl (C=O) groups is 2. The molecule has 4 rings (SSSR count). The van der Waals surface area contributed by atoms with Gasteiger partial charge in [0.05, 0.1) is 6.04 Å². The smallest absolute Gasteiger partial charge is 0.326 e. The average molecular weight is 455 g/mol. The third kappa shape index (κ3) is 5.79. The van der Waals surface area contributed by atoms with E-state index >= 15 is 0 Å². The molecule has 0 aromatic heterocycles. The van der Waals surface area contributed by atoms with E-state index in [0.29, 0.717) is 17.9 Å². The number of rotatable bonds is 9. The molecule has 6 nitrogen and oxygen atoms in total. The number of benzene rings is 4. The lowest BCUT2D eigenvalue weighted by Gasteiger charge is -2.15. The second-order valence-corrected chi connectivity index (χ2v) is 8.11. The molecule has 6 heteroatoms. The largest absolute Gasteiger partial charge is 0.492 e. The minimum Gasteiger partial charge on any atom is -0.492 e. The van der Waals surface area contributed by atoms with Crippen LogP contribution < -0.4 is 15.8 Å². The van der Waals surface area contributed by atoms with E-state index in [-0.39, 0.29) is 12.5 Å². The number of amides is 1. The van der Waals surface area contributed by atoms with Crippen molar-refractivity contribution in [3.05, 3.63) is 114 Å². The molecule has 4 aromatic carbocycles. The summed E-state index contributed by atoms with van der Waals surface area (Å²) in [6.45, 7) is 0.341. The van der Waals surface area contributed by atoms with E-state index in [1.807, 2.05) is 84.9 Å². The van der Waals surface area contributed by atoms with Gasteiger partial charge in [0.25, 0.3) is 5.91 Å². The van der Waals surface area contributed by atoms with Gasteiger partial charge in [0.2, 0.25) is 0 Å². The van der Waals surface area contributed by atoms with Crippen molar-refractivity contribution in [3.63, 3.8) is 0 Å². The van der Waals surface area contributed by atoms with E-state index in [0.717, 1.165) is 21.9 Å². The van der Waals surface area contributed by atoms with E-state index in [2.05, 4.69) is 5.32 Å². The molecule has 0 saturated heterocycles. The van der Waals surface area contributed by atoms with Crippen LogP contribution in [0.15, 0.2) is 97.1 Å². The number of carboxylic acid groups (broad SMARTS) is 1. The Morgan fingerprint density at radius 3 is 2.21 bits per heavy atom. The van der Waals surface area contributed by atoms with Gasteiger partial charge in [-0.05, 0) is 46.2 Å². The Balaban J connectivity index is 1.42. The fourth-order valence-electron chi connectivity index (χ4n) is 3.73. The molecule has 0 bridgehead atoms. The zero-order chi connectivity index (χ0) is 23.9. The van der Waals surface area contributed by atoms with Gasteiger partial charge in [0.1, 0.15) is 18.4 Å². The number of nitrogens with two attached hydrogens (primary N) is 1. The molecule has 0 aliphatic carbocycles. The Kier molecular flexibility index (Phi) is 7.20. The summed E-state index contributed by atoms with van der Waals surface area (Å²) in [5.41, 5.74) is 8.45. The first-order valence-electron chi connectivity index (χ1n) is 11.0. The summed E-state index contributed by atoms with van der Waals surface area (Å²) in [5, 5.41) is 13.9. The van der Waals surface area contributed by atoms with Crippen molar-refractivity contribution in [2.75, 3.05) is 6.61 Å². The predicted octanol–water partition coefficient (Wildman–Crippen LogP) is 4.34. The van der Waals surface area contributed by atoms with Gasteiger partial charge in [0.15, 0.2) is 0 Å². The van der Waals surface area contributed by atoms with Crippen LogP contribution >= 0.6 is 0 Å². The third-order valence-electron chi connectivity index (χ3n) is 5.62. The van der Waals surface area contributed by atoms with Crippen LogP contribution in [0.3, 0.4) is 0 Å². The van der Waals surface area contributed by atoms with Gasteiger partial charge in [0, 0.05) is 12.0 Å². The molecule has 0 spiro atoms. The van der Waals surface area contributed by atoms with Crippen LogP contribution in [0, 0.1) is 0 Å². The number of carboxylic acids is 1. The predicted molar refractivity (Wildman–Crippen MR) is 132 cm³/mol.